The zero-order chi connectivity index (χ0) is 7.40. The maximum absolute atomic E-state index is 9.46. The number of rotatable bonds is 2. The summed E-state index contributed by atoms with van der Waals surface area (Å²) in [6.45, 7) is 4.16. The summed E-state index contributed by atoms with van der Waals surface area (Å²) in [5.74, 6) is 0.513. The maximum Gasteiger partial charge on any atom is 0.0592 e. The van der Waals surface area contributed by atoms with Gasteiger partial charge in [0.25, 0.3) is 0 Å². The first-order valence-corrected chi connectivity index (χ1v) is 4.23. The Labute approximate surface area is 62.6 Å². The molecule has 0 unspecified atom stereocenters. The second-order valence-electron chi connectivity index (χ2n) is 3.11. The Morgan fingerprint density at radius 2 is 2.40 bits per heavy atom. The van der Waals surface area contributed by atoms with Crippen LogP contribution in [0.5, 0.6) is 0 Å². The van der Waals surface area contributed by atoms with Crippen LogP contribution in [0.3, 0.4) is 0 Å². The van der Waals surface area contributed by atoms with Crippen molar-refractivity contribution in [2.24, 2.45) is 5.92 Å². The monoisotopic (exact) mass is 143 g/mol. The van der Waals surface area contributed by atoms with E-state index in [0.717, 1.165) is 25.9 Å². The SMILES string of the molecule is CCC[C@@H]1CNCC[C@H]1O. The van der Waals surface area contributed by atoms with E-state index >= 15 is 0 Å². The molecule has 0 aromatic carbocycles. The first-order chi connectivity index (χ1) is 4.84. The van der Waals surface area contributed by atoms with Crippen molar-refractivity contribution in [1.82, 2.24) is 5.32 Å². The number of nitrogens with one attached hydrogen (secondary N) is 1. The van der Waals surface area contributed by atoms with Gasteiger partial charge in [0.15, 0.2) is 0 Å². The van der Waals surface area contributed by atoms with Crippen LogP contribution in [-0.2, 0) is 0 Å². The highest BCUT2D eigenvalue weighted by Crippen LogP contribution is 2.15. The molecule has 10 heavy (non-hydrogen) atoms. The summed E-state index contributed by atoms with van der Waals surface area (Å²) >= 11 is 0. The van der Waals surface area contributed by atoms with E-state index in [1.165, 1.54) is 6.42 Å². The van der Waals surface area contributed by atoms with Gasteiger partial charge < -0.3 is 10.4 Å². The number of aliphatic hydroxyl groups is 1. The minimum Gasteiger partial charge on any atom is -0.393 e. The molecule has 0 saturated carbocycles. The van der Waals surface area contributed by atoms with Gasteiger partial charge in [0.1, 0.15) is 0 Å². The summed E-state index contributed by atoms with van der Waals surface area (Å²) in [6, 6.07) is 0. The van der Waals surface area contributed by atoms with Crippen LogP contribution in [0.15, 0.2) is 0 Å². The molecular formula is C8H17NO. The largest absolute Gasteiger partial charge is 0.393 e. The van der Waals surface area contributed by atoms with Gasteiger partial charge in [-0.2, -0.15) is 0 Å². The summed E-state index contributed by atoms with van der Waals surface area (Å²) in [7, 11) is 0. The summed E-state index contributed by atoms with van der Waals surface area (Å²) < 4.78 is 0. The zero-order valence-electron chi connectivity index (χ0n) is 6.64. The second-order valence-corrected chi connectivity index (χ2v) is 3.11. The van der Waals surface area contributed by atoms with Crippen molar-refractivity contribution in [3.05, 3.63) is 0 Å². The minimum absolute atomic E-state index is 0.0406. The Bertz CT molecular complexity index is 93.3. The molecule has 2 N–H and O–H groups in total. The standard InChI is InChI=1S/C8H17NO/c1-2-3-7-6-9-5-4-8(7)10/h7-10H,2-6H2,1H3/t7-,8-/m1/s1. The van der Waals surface area contributed by atoms with E-state index in [9.17, 15) is 5.11 Å². The number of hydrogen-bond acceptors (Lipinski definition) is 2. The highest BCUT2D eigenvalue weighted by molar-refractivity contribution is 4.76. The lowest BCUT2D eigenvalue weighted by Gasteiger charge is -2.27. The first kappa shape index (κ1) is 8.02. The van der Waals surface area contributed by atoms with E-state index in [-0.39, 0.29) is 6.10 Å². The van der Waals surface area contributed by atoms with E-state index in [4.69, 9.17) is 0 Å². The molecule has 1 heterocycles. The molecule has 0 aliphatic carbocycles. The predicted octanol–water partition coefficient (Wildman–Crippen LogP) is 0.757. The first-order valence-electron chi connectivity index (χ1n) is 4.23. The van der Waals surface area contributed by atoms with Crippen LogP contribution in [0.2, 0.25) is 0 Å². The van der Waals surface area contributed by atoms with Gasteiger partial charge in [-0.05, 0) is 25.3 Å². The van der Waals surface area contributed by atoms with Crippen LogP contribution in [0, 0.1) is 5.92 Å². The highest BCUT2D eigenvalue weighted by atomic mass is 16.3. The molecular weight excluding hydrogens is 126 g/mol. The molecule has 1 saturated heterocycles. The van der Waals surface area contributed by atoms with Gasteiger partial charge in [0, 0.05) is 6.54 Å². The summed E-state index contributed by atoms with van der Waals surface area (Å²) in [5, 5.41) is 12.8. The lowest BCUT2D eigenvalue weighted by molar-refractivity contribution is 0.0741. The van der Waals surface area contributed by atoms with Crippen molar-refractivity contribution in [2.45, 2.75) is 32.3 Å². The van der Waals surface area contributed by atoms with Crippen molar-refractivity contribution >= 4 is 0 Å². The Hall–Kier alpha value is -0.0800. The molecule has 2 nitrogen and oxygen atoms in total. The fourth-order valence-electron chi connectivity index (χ4n) is 1.57. The van der Waals surface area contributed by atoms with Crippen LogP contribution in [0.4, 0.5) is 0 Å². The fourth-order valence-corrected chi connectivity index (χ4v) is 1.57. The molecule has 1 aliphatic heterocycles. The molecule has 2 atom stereocenters. The van der Waals surface area contributed by atoms with Gasteiger partial charge in [0.05, 0.1) is 6.10 Å². The lowest BCUT2D eigenvalue weighted by atomic mass is 9.92. The van der Waals surface area contributed by atoms with Crippen LogP contribution in [0.25, 0.3) is 0 Å². The van der Waals surface area contributed by atoms with E-state index in [2.05, 4.69) is 12.2 Å². The van der Waals surface area contributed by atoms with E-state index < -0.39 is 0 Å². The fraction of sp³-hybridized carbons (Fsp3) is 1.00. The van der Waals surface area contributed by atoms with Crippen LogP contribution in [-0.4, -0.2) is 24.3 Å². The molecule has 0 aromatic rings. The molecule has 60 valence electrons. The van der Waals surface area contributed by atoms with Gasteiger partial charge in [-0.1, -0.05) is 13.3 Å². The highest BCUT2D eigenvalue weighted by Gasteiger charge is 2.20. The summed E-state index contributed by atoms with van der Waals surface area (Å²) in [5.41, 5.74) is 0. The van der Waals surface area contributed by atoms with E-state index in [0.29, 0.717) is 5.92 Å². The lowest BCUT2D eigenvalue weighted by Crippen LogP contribution is -2.39. The molecule has 1 fully saturated rings. The third kappa shape index (κ3) is 1.96. The van der Waals surface area contributed by atoms with Gasteiger partial charge in [-0.25, -0.2) is 0 Å². The van der Waals surface area contributed by atoms with Gasteiger partial charge >= 0.3 is 0 Å². The third-order valence-electron chi connectivity index (χ3n) is 2.23. The van der Waals surface area contributed by atoms with E-state index in [1.807, 2.05) is 0 Å². The smallest absolute Gasteiger partial charge is 0.0592 e. The molecule has 0 amide bonds. The Kier molecular flexibility index (Phi) is 3.16. The van der Waals surface area contributed by atoms with Crippen LogP contribution >= 0.6 is 0 Å². The third-order valence-corrected chi connectivity index (χ3v) is 2.23. The Balaban J connectivity index is 2.25. The molecule has 0 spiro atoms. The molecule has 1 aliphatic rings. The number of hydrogen-bond donors (Lipinski definition) is 2. The molecule has 0 radical (unpaired) electrons. The van der Waals surface area contributed by atoms with Crippen molar-refractivity contribution in [2.75, 3.05) is 13.1 Å². The van der Waals surface area contributed by atoms with Crippen molar-refractivity contribution in [3.8, 4) is 0 Å². The van der Waals surface area contributed by atoms with Crippen molar-refractivity contribution in [1.29, 1.82) is 0 Å². The van der Waals surface area contributed by atoms with Crippen molar-refractivity contribution in [3.63, 3.8) is 0 Å². The van der Waals surface area contributed by atoms with Crippen LogP contribution < -0.4 is 5.32 Å². The second kappa shape index (κ2) is 3.94. The molecule has 2 heteroatoms. The van der Waals surface area contributed by atoms with E-state index in [1.54, 1.807) is 0 Å². The Morgan fingerprint density at radius 3 is 3.00 bits per heavy atom. The average molecular weight is 143 g/mol. The number of piperidine rings is 1. The maximum atomic E-state index is 9.46. The minimum atomic E-state index is -0.0406. The van der Waals surface area contributed by atoms with Gasteiger partial charge in [0.2, 0.25) is 0 Å². The summed E-state index contributed by atoms with van der Waals surface area (Å²) in [4.78, 5) is 0. The van der Waals surface area contributed by atoms with Gasteiger partial charge in [-0.3, -0.25) is 0 Å². The predicted molar refractivity (Wildman–Crippen MR) is 41.9 cm³/mol. The molecule has 1 rings (SSSR count). The normalized spacial score (nSPS) is 34.2. The van der Waals surface area contributed by atoms with Crippen LogP contribution in [0.1, 0.15) is 26.2 Å². The zero-order valence-corrected chi connectivity index (χ0v) is 6.64. The summed E-state index contributed by atoms with van der Waals surface area (Å²) in [6.07, 6.45) is 3.24. The molecule has 0 bridgehead atoms. The Morgan fingerprint density at radius 1 is 1.60 bits per heavy atom. The number of aliphatic hydroxyl groups excluding tert-OH is 1. The molecule has 0 aromatic heterocycles. The quantitative estimate of drug-likeness (QED) is 0.598. The van der Waals surface area contributed by atoms with Crippen molar-refractivity contribution < 1.29 is 5.11 Å². The topological polar surface area (TPSA) is 32.3 Å². The van der Waals surface area contributed by atoms with Gasteiger partial charge in [-0.15, -0.1) is 0 Å². The average Bonchev–Trinajstić information content (AvgIpc) is 1.94.